The van der Waals surface area contributed by atoms with E-state index in [2.05, 4.69) is 110 Å². The van der Waals surface area contributed by atoms with Gasteiger partial charge in [-0.1, -0.05) is 24.3 Å². The maximum absolute atomic E-state index is 13.1. The predicted octanol–water partition coefficient (Wildman–Crippen LogP) is 4.76. The Balaban J connectivity index is 0.000000321. The highest BCUT2D eigenvalue weighted by Crippen LogP contribution is 2.28. The van der Waals surface area contributed by atoms with Crippen molar-refractivity contribution in [3.8, 4) is 5.75 Å². The molecule has 3 aliphatic heterocycles. The third kappa shape index (κ3) is 18.9. The van der Waals surface area contributed by atoms with Gasteiger partial charge in [-0.15, -0.1) is 12.4 Å². The first-order chi connectivity index (χ1) is 33.6. The topological polar surface area (TPSA) is 151 Å². The Labute approximate surface area is 432 Å². The molecule has 0 saturated carbocycles. The molecule has 16 nitrogen and oxygen atoms in total. The van der Waals surface area contributed by atoms with E-state index in [1.165, 1.54) is 41.0 Å². The zero-order valence-corrected chi connectivity index (χ0v) is 45.7. The predicted molar refractivity (Wildman–Crippen MR) is 294 cm³/mol. The normalized spacial score (nSPS) is 15.5. The first-order valence-corrected chi connectivity index (χ1v) is 25.7. The van der Waals surface area contributed by atoms with Gasteiger partial charge in [0.05, 0.1) is 18.6 Å². The Morgan fingerprint density at radius 1 is 0.676 bits per heavy atom. The largest absolute Gasteiger partial charge is 0.497 e. The Kier molecular flexibility index (Phi) is 26.3. The lowest BCUT2D eigenvalue weighted by Gasteiger charge is -2.34. The average Bonchev–Trinajstić information content (AvgIpc) is 3.37. The van der Waals surface area contributed by atoms with Crippen molar-refractivity contribution in [1.82, 2.24) is 29.2 Å². The number of nitrogens with one attached hydrogen (secondary N) is 1. The van der Waals surface area contributed by atoms with E-state index >= 15 is 0 Å². The van der Waals surface area contributed by atoms with Gasteiger partial charge in [0, 0.05) is 135 Å². The van der Waals surface area contributed by atoms with Gasteiger partial charge in [-0.2, -0.15) is 4.31 Å². The highest BCUT2D eigenvalue weighted by molar-refractivity contribution is 7.89. The molecule has 18 heteroatoms. The van der Waals surface area contributed by atoms with Crippen LogP contribution < -0.4 is 30.5 Å². The highest BCUT2D eigenvalue weighted by atomic mass is 35.5. The number of likely N-dealkylation sites (N-methyl/N-ethyl adjacent to an activating group) is 5. The number of aldehydes is 1. The Morgan fingerprint density at radius 3 is 1.45 bits per heavy atom. The molecule has 394 valence electrons. The van der Waals surface area contributed by atoms with Gasteiger partial charge in [0.15, 0.2) is 0 Å². The molecule has 4 aromatic carbocycles. The number of halogens is 1. The molecule has 0 aliphatic carbocycles. The number of aryl methyl sites for hydroxylation is 2. The summed E-state index contributed by atoms with van der Waals surface area (Å²) in [6.07, 6.45) is 0.883. The van der Waals surface area contributed by atoms with Gasteiger partial charge in [-0.25, -0.2) is 8.42 Å². The third-order valence-electron chi connectivity index (χ3n) is 12.8. The van der Waals surface area contributed by atoms with Crippen molar-refractivity contribution < 1.29 is 27.5 Å². The molecule has 0 spiro atoms. The minimum absolute atomic E-state index is 0. The summed E-state index contributed by atoms with van der Waals surface area (Å²) in [4.78, 5) is 39.2. The van der Waals surface area contributed by atoms with Crippen LogP contribution in [-0.2, 0) is 32.6 Å². The molecular weight excluding hydrogens is 940 g/mol. The Bertz CT molecular complexity index is 2250. The smallest absolute Gasteiger partial charge is 0.248 e. The van der Waals surface area contributed by atoms with Gasteiger partial charge < -0.3 is 54.8 Å². The number of piperazine rings is 3. The monoisotopic (exact) mass is 1020 g/mol. The Hall–Kier alpha value is -4.82. The molecular formula is C53H83ClN10O6S. The van der Waals surface area contributed by atoms with Gasteiger partial charge in [0.1, 0.15) is 18.6 Å². The summed E-state index contributed by atoms with van der Waals surface area (Å²) in [5, 5.41) is 3.17. The number of carbonyl (C=O) groups is 2. The van der Waals surface area contributed by atoms with E-state index in [0.717, 1.165) is 102 Å². The molecule has 4 aromatic rings. The standard InChI is InChI=1S/C27H40N4O5S.C13H21N3.C12H16N2O.CH5N.ClH/c1-21-17-25(35-6)18-22(2)27(21)37(33,34)30(5)15-16-36-20-26(32)29(4)19-23-7-9-24(10-8-23)31-13-11-28(3)12-14-31;1-14-11-12-3-5-13(6-4-12)16-9-7-15(2)8-10-16;1-13-6-8-14(9-7-13)12-4-2-11(10-15)3-5-12;1-2;/h7-10,17-18H,11-16,19-20H2,1-6H3;3-6,14H,7-11H2,1-2H3;2-5,10H,6-9H2,1H3;2H2,1H3;1H. The molecule has 0 unspecified atom stereocenters. The van der Waals surface area contributed by atoms with Gasteiger partial charge in [-0.3, -0.25) is 9.59 Å². The number of hydrogen-bond acceptors (Lipinski definition) is 14. The van der Waals surface area contributed by atoms with Crippen LogP contribution in [0.15, 0.2) is 89.8 Å². The van der Waals surface area contributed by atoms with Crippen LogP contribution in [0.4, 0.5) is 17.1 Å². The van der Waals surface area contributed by atoms with Crippen LogP contribution in [-0.4, -0.2) is 199 Å². The minimum Gasteiger partial charge on any atom is -0.497 e. The summed E-state index contributed by atoms with van der Waals surface area (Å²) in [7, 11) is 11.1. The van der Waals surface area contributed by atoms with Crippen LogP contribution in [0.3, 0.4) is 0 Å². The summed E-state index contributed by atoms with van der Waals surface area (Å²) in [6.45, 7) is 18.2. The van der Waals surface area contributed by atoms with Crippen molar-refractivity contribution in [3.05, 3.63) is 113 Å². The summed E-state index contributed by atoms with van der Waals surface area (Å²) in [5.41, 5.74) is 12.7. The van der Waals surface area contributed by atoms with Gasteiger partial charge in [0.2, 0.25) is 15.9 Å². The lowest BCUT2D eigenvalue weighted by molar-refractivity contribution is -0.135. The van der Waals surface area contributed by atoms with Gasteiger partial charge in [0.25, 0.3) is 0 Å². The number of methoxy groups -OCH3 is 1. The molecule has 3 fully saturated rings. The van der Waals surface area contributed by atoms with Crippen molar-refractivity contribution in [2.24, 2.45) is 5.73 Å². The van der Waals surface area contributed by atoms with Crippen LogP contribution in [0.2, 0.25) is 0 Å². The van der Waals surface area contributed by atoms with Crippen LogP contribution in [0.25, 0.3) is 0 Å². The van der Waals surface area contributed by atoms with Gasteiger partial charge in [-0.05, 0) is 132 Å². The lowest BCUT2D eigenvalue weighted by Crippen LogP contribution is -2.44. The number of ether oxygens (including phenoxy) is 2. The molecule has 0 bridgehead atoms. The molecule has 3 aliphatic rings. The first kappa shape index (κ1) is 60.5. The second kappa shape index (κ2) is 30.9. The molecule has 1 amide bonds. The molecule has 7 rings (SSSR count). The Morgan fingerprint density at radius 2 is 1.07 bits per heavy atom. The SMILES string of the molecule is CN.CN1CCN(c2ccc(C=O)cc2)CC1.CNCc1ccc(N2CCN(C)CC2)cc1.COc1cc(C)c(S(=O)(=O)N(C)CCOCC(=O)N(C)Cc2ccc(N3CCN(C)CC3)cc2)c(C)c1.Cl. The number of sulfonamides is 1. The quantitative estimate of drug-likeness (QED) is 0.117. The van der Waals surface area contributed by atoms with Crippen molar-refractivity contribution in [2.45, 2.75) is 31.8 Å². The highest BCUT2D eigenvalue weighted by Gasteiger charge is 2.26. The summed E-state index contributed by atoms with van der Waals surface area (Å²) in [6, 6.07) is 28.4. The molecule has 3 heterocycles. The molecule has 3 saturated heterocycles. The number of nitrogens with zero attached hydrogens (tertiary/aromatic N) is 8. The summed E-state index contributed by atoms with van der Waals surface area (Å²) in [5.74, 6) is 0.462. The number of carbonyl (C=O) groups excluding carboxylic acids is 2. The average molecular weight is 1020 g/mol. The van der Waals surface area contributed by atoms with Crippen molar-refractivity contribution >= 4 is 51.7 Å². The summed E-state index contributed by atoms with van der Waals surface area (Å²) < 4.78 is 38.2. The van der Waals surface area contributed by atoms with Gasteiger partial charge >= 0.3 is 0 Å². The second-order valence-electron chi connectivity index (χ2n) is 18.2. The molecule has 71 heavy (non-hydrogen) atoms. The van der Waals surface area contributed by atoms with Crippen molar-refractivity contribution in [2.75, 3.05) is 169 Å². The first-order valence-electron chi connectivity index (χ1n) is 24.3. The molecule has 0 radical (unpaired) electrons. The van der Waals surface area contributed by atoms with E-state index in [-0.39, 0.29) is 43.0 Å². The van der Waals surface area contributed by atoms with Crippen molar-refractivity contribution in [1.29, 1.82) is 0 Å². The van der Waals surface area contributed by atoms with Crippen LogP contribution >= 0.6 is 12.4 Å². The zero-order chi connectivity index (χ0) is 51.2. The number of nitrogens with two attached hydrogens (primary N) is 1. The number of anilines is 3. The van der Waals surface area contributed by atoms with E-state index < -0.39 is 10.0 Å². The fourth-order valence-corrected chi connectivity index (χ4v) is 9.89. The van der Waals surface area contributed by atoms with Crippen molar-refractivity contribution in [3.63, 3.8) is 0 Å². The van der Waals surface area contributed by atoms with E-state index in [1.807, 2.05) is 31.3 Å². The number of benzene rings is 4. The third-order valence-corrected chi connectivity index (χ3v) is 15.0. The number of rotatable bonds is 16. The van der Waals surface area contributed by atoms with Crippen LogP contribution in [0.5, 0.6) is 5.75 Å². The zero-order valence-electron chi connectivity index (χ0n) is 44.1. The van der Waals surface area contributed by atoms with E-state index in [1.54, 1.807) is 45.0 Å². The lowest BCUT2D eigenvalue weighted by atomic mass is 10.1. The maximum atomic E-state index is 13.1. The maximum Gasteiger partial charge on any atom is 0.248 e. The van der Waals surface area contributed by atoms with E-state index in [4.69, 9.17) is 9.47 Å². The minimum atomic E-state index is -3.70. The molecule has 3 N–H and O–H groups in total. The van der Waals surface area contributed by atoms with Crippen LogP contribution in [0.1, 0.15) is 32.6 Å². The van der Waals surface area contributed by atoms with E-state index in [9.17, 15) is 18.0 Å². The van der Waals surface area contributed by atoms with Crippen LogP contribution in [0, 0.1) is 13.8 Å². The number of amides is 1. The fraction of sp³-hybridized carbons (Fsp3) is 0.509. The van der Waals surface area contributed by atoms with E-state index in [0.29, 0.717) is 23.4 Å². The molecule has 0 atom stereocenters. The second-order valence-corrected chi connectivity index (χ2v) is 20.1. The molecule has 0 aromatic heterocycles. The number of hydrogen-bond donors (Lipinski definition) is 2. The summed E-state index contributed by atoms with van der Waals surface area (Å²) >= 11 is 0. The fourth-order valence-electron chi connectivity index (χ4n) is 8.33.